The van der Waals surface area contributed by atoms with Crippen molar-refractivity contribution in [3.63, 3.8) is 0 Å². The highest BCUT2D eigenvalue weighted by Crippen LogP contribution is 2.16. The minimum absolute atomic E-state index is 0.165. The Kier molecular flexibility index (Phi) is 8.29. The second kappa shape index (κ2) is 10.7. The van der Waals surface area contributed by atoms with Crippen molar-refractivity contribution in [3.05, 3.63) is 77.6 Å². The fourth-order valence-corrected chi connectivity index (χ4v) is 2.99. The minimum atomic E-state index is -0.986. The summed E-state index contributed by atoms with van der Waals surface area (Å²) in [6, 6.07) is 19.4. The predicted octanol–water partition coefficient (Wildman–Crippen LogP) is 5.34. The molecule has 0 aliphatic rings. The molecule has 1 aromatic heterocycles. The molecule has 28 heavy (non-hydrogen) atoms. The minimum Gasteiger partial charge on any atom is -0.477 e. The lowest BCUT2D eigenvalue weighted by molar-refractivity contribution is 0.0687. The number of carboxylic acid groups (broad SMARTS) is 1. The van der Waals surface area contributed by atoms with Crippen LogP contribution in [0.15, 0.2) is 65.6 Å². The zero-order valence-corrected chi connectivity index (χ0v) is 17.5. The van der Waals surface area contributed by atoms with E-state index < -0.39 is 5.97 Å². The average molecular weight is 398 g/mol. The van der Waals surface area contributed by atoms with Gasteiger partial charge in [0.1, 0.15) is 0 Å². The van der Waals surface area contributed by atoms with Gasteiger partial charge in [-0.15, -0.1) is 0 Å². The summed E-state index contributed by atoms with van der Waals surface area (Å²) in [5.74, 6) is -0.152. The molecule has 0 fully saturated rings. The first-order valence-electron chi connectivity index (χ1n) is 9.21. The van der Waals surface area contributed by atoms with Crippen LogP contribution in [0, 0.1) is 12.8 Å². The highest BCUT2D eigenvalue weighted by molar-refractivity contribution is 7.97. The van der Waals surface area contributed by atoms with Crippen molar-refractivity contribution < 1.29 is 9.90 Å². The highest BCUT2D eigenvalue weighted by Gasteiger charge is 2.13. The molecule has 3 rings (SSSR count). The number of hydrogen-bond acceptors (Lipinski definition) is 4. The van der Waals surface area contributed by atoms with Gasteiger partial charge in [-0.1, -0.05) is 51.1 Å². The monoisotopic (exact) mass is 397 g/mol. The van der Waals surface area contributed by atoms with E-state index in [-0.39, 0.29) is 5.69 Å². The number of aromatic nitrogens is 2. The normalized spacial score (nSPS) is 10.5. The van der Waals surface area contributed by atoms with Crippen molar-refractivity contribution in [2.75, 3.05) is 0 Å². The summed E-state index contributed by atoms with van der Waals surface area (Å²) >= 11 is 1.58. The molecule has 0 amide bonds. The molecule has 0 aliphatic carbocycles. The highest BCUT2D eigenvalue weighted by atomic mass is 32.2. The van der Waals surface area contributed by atoms with Crippen LogP contribution < -0.4 is 4.72 Å². The van der Waals surface area contributed by atoms with Gasteiger partial charge in [-0.25, -0.2) is 9.48 Å². The molecular formula is C22H27N3O2S. The first kappa shape index (κ1) is 21.7. The third kappa shape index (κ3) is 6.87. The number of carbonyl (C=O) groups is 1. The van der Waals surface area contributed by atoms with Crippen LogP contribution in [0.2, 0.25) is 0 Å². The molecule has 0 bridgehead atoms. The molecule has 148 valence electrons. The first-order chi connectivity index (χ1) is 13.4. The Morgan fingerprint density at radius 2 is 1.71 bits per heavy atom. The average Bonchev–Trinajstić information content (AvgIpc) is 3.05. The Morgan fingerprint density at radius 3 is 2.29 bits per heavy atom. The Labute approximate surface area is 170 Å². The van der Waals surface area contributed by atoms with Gasteiger partial charge in [0, 0.05) is 11.4 Å². The Balaban J connectivity index is 0.000000640. The molecular weight excluding hydrogens is 370 g/mol. The van der Waals surface area contributed by atoms with E-state index in [4.69, 9.17) is 0 Å². The molecule has 0 spiro atoms. The number of aryl methyl sites for hydroxylation is 1. The third-order valence-electron chi connectivity index (χ3n) is 3.44. The SMILES string of the molecule is CC(C)C.Cc1cc(C(=O)O)n(-c2ccc(CNSc3ccccc3)cc2)n1. The van der Waals surface area contributed by atoms with Gasteiger partial charge in [0.05, 0.1) is 11.4 Å². The zero-order chi connectivity index (χ0) is 20.5. The van der Waals surface area contributed by atoms with Gasteiger partial charge in [-0.3, -0.25) is 4.72 Å². The predicted molar refractivity (Wildman–Crippen MR) is 115 cm³/mol. The van der Waals surface area contributed by atoms with Crippen LogP contribution in [0.4, 0.5) is 0 Å². The van der Waals surface area contributed by atoms with Crippen molar-refractivity contribution in [1.29, 1.82) is 0 Å². The summed E-state index contributed by atoms with van der Waals surface area (Å²) in [5, 5.41) is 13.5. The number of nitrogens with zero attached hydrogens (tertiary/aromatic N) is 2. The Bertz CT molecular complexity index is 872. The van der Waals surface area contributed by atoms with Gasteiger partial charge in [0.25, 0.3) is 0 Å². The Morgan fingerprint density at radius 1 is 1.11 bits per heavy atom. The van der Waals surface area contributed by atoms with Crippen LogP contribution in [0.3, 0.4) is 0 Å². The van der Waals surface area contributed by atoms with Crippen molar-refractivity contribution in [2.45, 2.75) is 39.1 Å². The lowest BCUT2D eigenvalue weighted by Gasteiger charge is -2.07. The van der Waals surface area contributed by atoms with Crippen molar-refractivity contribution in [1.82, 2.24) is 14.5 Å². The van der Waals surface area contributed by atoms with Gasteiger partial charge in [0.2, 0.25) is 0 Å². The van der Waals surface area contributed by atoms with E-state index in [2.05, 4.69) is 30.6 Å². The van der Waals surface area contributed by atoms with Gasteiger partial charge in [0.15, 0.2) is 5.69 Å². The molecule has 0 atom stereocenters. The fraction of sp³-hybridized carbons (Fsp3) is 0.273. The van der Waals surface area contributed by atoms with Crippen molar-refractivity contribution >= 4 is 17.9 Å². The first-order valence-corrected chi connectivity index (χ1v) is 10.0. The smallest absolute Gasteiger partial charge is 0.354 e. The number of rotatable bonds is 6. The number of nitrogens with one attached hydrogen (secondary N) is 1. The van der Waals surface area contributed by atoms with Crippen molar-refractivity contribution in [3.8, 4) is 5.69 Å². The molecule has 0 aliphatic heterocycles. The number of carboxylic acids is 1. The maximum Gasteiger partial charge on any atom is 0.354 e. The van der Waals surface area contributed by atoms with Gasteiger partial charge in [-0.05, 0) is 60.7 Å². The second-order valence-corrected chi connectivity index (χ2v) is 7.99. The maximum atomic E-state index is 11.3. The molecule has 0 radical (unpaired) electrons. The molecule has 3 aromatic rings. The van der Waals surface area contributed by atoms with Crippen LogP contribution >= 0.6 is 11.9 Å². The summed E-state index contributed by atoms with van der Waals surface area (Å²) in [6.07, 6.45) is 0. The maximum absolute atomic E-state index is 11.3. The quantitative estimate of drug-likeness (QED) is 0.550. The van der Waals surface area contributed by atoms with E-state index >= 15 is 0 Å². The van der Waals surface area contributed by atoms with Crippen LogP contribution in [0.5, 0.6) is 0 Å². The van der Waals surface area contributed by atoms with Crippen LogP contribution in [-0.4, -0.2) is 20.9 Å². The molecule has 1 heterocycles. The summed E-state index contributed by atoms with van der Waals surface area (Å²) in [5.41, 5.74) is 2.69. The van der Waals surface area contributed by atoms with E-state index in [0.29, 0.717) is 12.2 Å². The summed E-state index contributed by atoms with van der Waals surface area (Å²) in [4.78, 5) is 12.4. The van der Waals surface area contributed by atoms with E-state index in [1.807, 2.05) is 54.6 Å². The third-order valence-corrected chi connectivity index (χ3v) is 4.24. The van der Waals surface area contributed by atoms with Gasteiger partial charge >= 0.3 is 5.97 Å². The molecule has 0 saturated carbocycles. The van der Waals surface area contributed by atoms with Crippen molar-refractivity contribution in [2.24, 2.45) is 5.92 Å². The summed E-state index contributed by atoms with van der Waals surface area (Å²) < 4.78 is 4.76. The largest absolute Gasteiger partial charge is 0.477 e. The van der Waals surface area contributed by atoms with Crippen LogP contribution in [-0.2, 0) is 6.54 Å². The van der Waals surface area contributed by atoms with E-state index in [0.717, 1.165) is 22.1 Å². The van der Waals surface area contributed by atoms with Crippen LogP contribution in [0.1, 0.15) is 42.5 Å². The molecule has 2 N–H and O–H groups in total. The second-order valence-electron chi connectivity index (χ2n) is 7.02. The molecule has 0 unspecified atom stereocenters. The summed E-state index contributed by atoms with van der Waals surface area (Å²) in [7, 11) is 0. The topological polar surface area (TPSA) is 67.2 Å². The lowest BCUT2D eigenvalue weighted by atomic mass is 10.2. The van der Waals surface area contributed by atoms with Gasteiger partial charge < -0.3 is 5.11 Å². The van der Waals surface area contributed by atoms with E-state index in [1.165, 1.54) is 4.68 Å². The Hall–Kier alpha value is -2.57. The molecule has 2 aromatic carbocycles. The fourth-order valence-electron chi connectivity index (χ4n) is 2.29. The van der Waals surface area contributed by atoms with E-state index in [1.54, 1.807) is 24.9 Å². The number of aromatic carboxylic acids is 1. The molecule has 5 nitrogen and oxygen atoms in total. The standard InChI is InChI=1S/C18H17N3O2S.C4H10/c1-13-11-17(18(22)23)21(20-13)15-9-7-14(8-10-15)12-19-24-16-5-3-2-4-6-16;1-4(2)3/h2-11,19H,12H2,1H3,(H,22,23);4H,1-3H3. The number of hydrogen-bond donors (Lipinski definition) is 2. The molecule has 0 saturated heterocycles. The lowest BCUT2D eigenvalue weighted by Crippen LogP contribution is -2.08. The van der Waals surface area contributed by atoms with Crippen LogP contribution in [0.25, 0.3) is 5.69 Å². The number of benzene rings is 2. The van der Waals surface area contributed by atoms with Gasteiger partial charge in [-0.2, -0.15) is 5.10 Å². The summed E-state index contributed by atoms with van der Waals surface area (Å²) in [6.45, 7) is 8.99. The molecule has 6 heteroatoms. The van der Waals surface area contributed by atoms with E-state index in [9.17, 15) is 9.90 Å². The zero-order valence-electron chi connectivity index (χ0n) is 16.7.